The standard InChI is InChI=1S/C10H6BrF3N2O2/c1-18-5-2-3-6-15-8(10(12,13)14)7(11)9(17)16(6)4-5/h2-4H,1H3. The minimum absolute atomic E-state index is 0.101. The van der Waals surface area contributed by atoms with Crippen LogP contribution in [0, 0.1) is 0 Å². The van der Waals surface area contributed by atoms with Gasteiger partial charge in [0.1, 0.15) is 15.9 Å². The van der Waals surface area contributed by atoms with E-state index in [2.05, 4.69) is 20.9 Å². The van der Waals surface area contributed by atoms with Crippen molar-refractivity contribution in [3.8, 4) is 5.75 Å². The average Bonchev–Trinajstić information content (AvgIpc) is 2.32. The lowest BCUT2D eigenvalue weighted by Crippen LogP contribution is -2.22. The van der Waals surface area contributed by atoms with Crippen molar-refractivity contribution >= 4 is 21.6 Å². The van der Waals surface area contributed by atoms with Crippen molar-refractivity contribution in [2.75, 3.05) is 7.11 Å². The number of hydrogen-bond acceptors (Lipinski definition) is 3. The first-order chi connectivity index (χ1) is 8.34. The summed E-state index contributed by atoms with van der Waals surface area (Å²) in [4.78, 5) is 15.2. The molecule has 2 aromatic rings. The van der Waals surface area contributed by atoms with Gasteiger partial charge in [0.15, 0.2) is 5.69 Å². The molecule has 0 N–H and O–H groups in total. The van der Waals surface area contributed by atoms with E-state index in [4.69, 9.17) is 4.74 Å². The van der Waals surface area contributed by atoms with Gasteiger partial charge in [-0.15, -0.1) is 0 Å². The quantitative estimate of drug-likeness (QED) is 0.810. The Hall–Kier alpha value is -1.57. The normalized spacial score (nSPS) is 11.8. The molecule has 0 fully saturated rings. The van der Waals surface area contributed by atoms with E-state index in [0.29, 0.717) is 5.75 Å². The second-order valence-electron chi connectivity index (χ2n) is 3.37. The highest BCUT2D eigenvalue weighted by atomic mass is 79.9. The third kappa shape index (κ3) is 2.07. The van der Waals surface area contributed by atoms with E-state index in [0.717, 1.165) is 4.40 Å². The monoisotopic (exact) mass is 322 g/mol. The van der Waals surface area contributed by atoms with E-state index < -0.39 is 21.9 Å². The maximum Gasteiger partial charge on any atom is 0.434 e. The molecule has 0 aliphatic rings. The zero-order valence-electron chi connectivity index (χ0n) is 8.95. The van der Waals surface area contributed by atoms with Crippen molar-refractivity contribution in [1.82, 2.24) is 9.38 Å². The van der Waals surface area contributed by atoms with Crippen LogP contribution in [-0.2, 0) is 6.18 Å². The van der Waals surface area contributed by atoms with Crippen molar-refractivity contribution in [3.05, 3.63) is 38.9 Å². The smallest absolute Gasteiger partial charge is 0.434 e. The van der Waals surface area contributed by atoms with Crippen LogP contribution in [0.5, 0.6) is 5.75 Å². The van der Waals surface area contributed by atoms with Gasteiger partial charge in [0, 0.05) is 0 Å². The molecule has 18 heavy (non-hydrogen) atoms. The van der Waals surface area contributed by atoms with Gasteiger partial charge in [-0.25, -0.2) is 4.98 Å². The maximum atomic E-state index is 12.6. The third-order valence-corrected chi connectivity index (χ3v) is 2.96. The zero-order valence-corrected chi connectivity index (χ0v) is 10.5. The van der Waals surface area contributed by atoms with Crippen LogP contribution in [0.25, 0.3) is 5.65 Å². The van der Waals surface area contributed by atoms with Crippen molar-refractivity contribution in [1.29, 1.82) is 0 Å². The van der Waals surface area contributed by atoms with Gasteiger partial charge in [-0.2, -0.15) is 13.2 Å². The number of hydrogen-bond donors (Lipinski definition) is 0. The van der Waals surface area contributed by atoms with Crippen LogP contribution in [0.4, 0.5) is 13.2 Å². The molecular formula is C10H6BrF3N2O2. The van der Waals surface area contributed by atoms with E-state index in [1.807, 2.05) is 0 Å². The fourth-order valence-corrected chi connectivity index (χ4v) is 1.91. The Morgan fingerprint density at radius 3 is 2.61 bits per heavy atom. The minimum Gasteiger partial charge on any atom is -0.495 e. The highest BCUT2D eigenvalue weighted by Gasteiger charge is 2.36. The Morgan fingerprint density at radius 2 is 2.06 bits per heavy atom. The zero-order chi connectivity index (χ0) is 13.5. The Morgan fingerprint density at radius 1 is 1.39 bits per heavy atom. The molecule has 0 aromatic carbocycles. The lowest BCUT2D eigenvalue weighted by Gasteiger charge is -2.10. The van der Waals surface area contributed by atoms with Crippen LogP contribution >= 0.6 is 15.9 Å². The molecule has 0 saturated carbocycles. The fourth-order valence-electron chi connectivity index (χ4n) is 1.41. The molecule has 0 radical (unpaired) electrons. The van der Waals surface area contributed by atoms with Gasteiger partial charge in [0.2, 0.25) is 0 Å². The highest BCUT2D eigenvalue weighted by Crippen LogP contribution is 2.31. The van der Waals surface area contributed by atoms with Gasteiger partial charge in [-0.3, -0.25) is 9.20 Å². The molecule has 0 aliphatic carbocycles. The molecule has 0 amide bonds. The Bertz CT molecular complexity index is 666. The molecule has 0 spiro atoms. The largest absolute Gasteiger partial charge is 0.495 e. The van der Waals surface area contributed by atoms with Gasteiger partial charge in [-0.1, -0.05) is 0 Å². The topological polar surface area (TPSA) is 43.6 Å². The lowest BCUT2D eigenvalue weighted by atomic mass is 10.3. The molecule has 0 aliphatic heterocycles. The van der Waals surface area contributed by atoms with E-state index in [1.54, 1.807) is 0 Å². The molecule has 2 heterocycles. The molecule has 0 bridgehead atoms. The van der Waals surface area contributed by atoms with Crippen LogP contribution in [0.15, 0.2) is 27.6 Å². The first-order valence-electron chi connectivity index (χ1n) is 4.67. The molecule has 0 saturated heterocycles. The van der Waals surface area contributed by atoms with Crippen molar-refractivity contribution in [2.24, 2.45) is 0 Å². The number of fused-ring (bicyclic) bond motifs is 1. The molecule has 4 nitrogen and oxygen atoms in total. The Balaban J connectivity index is 2.83. The molecule has 2 rings (SSSR count). The first kappa shape index (κ1) is 12.9. The predicted molar refractivity (Wildman–Crippen MR) is 60.7 cm³/mol. The second-order valence-corrected chi connectivity index (χ2v) is 4.17. The summed E-state index contributed by atoms with van der Waals surface area (Å²) in [5, 5.41) is 0. The van der Waals surface area contributed by atoms with Gasteiger partial charge in [0.05, 0.1) is 13.3 Å². The van der Waals surface area contributed by atoms with E-state index in [-0.39, 0.29) is 5.65 Å². The first-order valence-corrected chi connectivity index (χ1v) is 5.47. The lowest BCUT2D eigenvalue weighted by molar-refractivity contribution is -0.141. The third-order valence-electron chi connectivity index (χ3n) is 2.24. The van der Waals surface area contributed by atoms with Gasteiger partial charge in [-0.05, 0) is 28.1 Å². The van der Waals surface area contributed by atoms with E-state index in [1.165, 1.54) is 25.4 Å². The van der Waals surface area contributed by atoms with Gasteiger partial charge in [0.25, 0.3) is 5.56 Å². The molecular weight excluding hydrogens is 317 g/mol. The Labute approximate surface area is 107 Å². The number of pyridine rings is 1. The van der Waals surface area contributed by atoms with E-state index in [9.17, 15) is 18.0 Å². The number of methoxy groups -OCH3 is 1. The summed E-state index contributed by atoms with van der Waals surface area (Å²) in [5.41, 5.74) is -2.18. The molecule has 96 valence electrons. The van der Waals surface area contributed by atoms with Gasteiger partial charge >= 0.3 is 6.18 Å². The summed E-state index contributed by atoms with van der Waals surface area (Å²) in [6.07, 6.45) is -3.41. The van der Waals surface area contributed by atoms with Gasteiger partial charge < -0.3 is 4.74 Å². The minimum atomic E-state index is -4.69. The second kappa shape index (κ2) is 4.27. The number of ether oxygens (including phenoxy) is 1. The van der Waals surface area contributed by atoms with Crippen molar-refractivity contribution in [3.63, 3.8) is 0 Å². The number of nitrogens with zero attached hydrogens (tertiary/aromatic N) is 2. The summed E-state index contributed by atoms with van der Waals surface area (Å²) < 4.78 is 43.2. The summed E-state index contributed by atoms with van der Waals surface area (Å²) in [6, 6.07) is 2.71. The molecule has 0 unspecified atom stereocenters. The van der Waals surface area contributed by atoms with Crippen molar-refractivity contribution in [2.45, 2.75) is 6.18 Å². The maximum absolute atomic E-state index is 12.6. The molecule has 0 atom stereocenters. The molecule has 2 aromatic heterocycles. The summed E-state index contributed by atoms with van der Waals surface area (Å²) in [5.74, 6) is 0.345. The average molecular weight is 323 g/mol. The van der Waals surface area contributed by atoms with Crippen LogP contribution < -0.4 is 10.3 Å². The fraction of sp³-hybridized carbons (Fsp3) is 0.200. The summed E-state index contributed by atoms with van der Waals surface area (Å²) in [6.45, 7) is 0. The SMILES string of the molecule is COc1ccc2nc(C(F)(F)F)c(Br)c(=O)n2c1. The van der Waals surface area contributed by atoms with Crippen LogP contribution in [-0.4, -0.2) is 16.5 Å². The van der Waals surface area contributed by atoms with Crippen LogP contribution in [0.1, 0.15) is 5.69 Å². The van der Waals surface area contributed by atoms with E-state index >= 15 is 0 Å². The highest BCUT2D eigenvalue weighted by molar-refractivity contribution is 9.10. The molecule has 8 heteroatoms. The summed E-state index contributed by atoms with van der Waals surface area (Å²) >= 11 is 2.63. The number of halogens is 4. The van der Waals surface area contributed by atoms with Crippen molar-refractivity contribution < 1.29 is 17.9 Å². The summed E-state index contributed by atoms with van der Waals surface area (Å²) in [7, 11) is 1.39. The number of rotatable bonds is 1. The Kier molecular flexibility index (Phi) is 3.05. The van der Waals surface area contributed by atoms with Crippen LogP contribution in [0.3, 0.4) is 0 Å². The number of alkyl halides is 3. The predicted octanol–water partition coefficient (Wildman–Crippen LogP) is 2.48. The van der Waals surface area contributed by atoms with Crippen LogP contribution in [0.2, 0.25) is 0 Å². The number of aromatic nitrogens is 2.